The molecule has 110 valence electrons. The van der Waals surface area contributed by atoms with E-state index >= 15 is 0 Å². The number of benzene rings is 1. The molecular formula is C14H20ClN3O2. The summed E-state index contributed by atoms with van der Waals surface area (Å²) in [6.07, 6.45) is 2.07. The molecule has 2 rings (SSSR count). The Hall–Kier alpha value is -1.46. The van der Waals surface area contributed by atoms with Crippen LogP contribution >= 0.6 is 11.6 Å². The number of ether oxygens (including phenoxy) is 1. The third-order valence-corrected chi connectivity index (χ3v) is 3.99. The van der Waals surface area contributed by atoms with E-state index in [-0.39, 0.29) is 5.91 Å². The van der Waals surface area contributed by atoms with Crippen LogP contribution in [0.1, 0.15) is 23.2 Å². The highest BCUT2D eigenvalue weighted by molar-refractivity contribution is 6.33. The first-order valence-electron chi connectivity index (χ1n) is 6.66. The summed E-state index contributed by atoms with van der Waals surface area (Å²) >= 11 is 6.02. The number of carbonyl (C=O) groups is 1. The van der Waals surface area contributed by atoms with E-state index in [1.807, 2.05) is 11.9 Å². The lowest BCUT2D eigenvalue weighted by atomic mass is 10.0. The highest BCUT2D eigenvalue weighted by atomic mass is 35.5. The number of nitrogens with zero attached hydrogens (tertiary/aromatic N) is 1. The van der Waals surface area contributed by atoms with Crippen LogP contribution in [-0.2, 0) is 0 Å². The fraction of sp³-hybridized carbons (Fsp3) is 0.500. The Bertz CT molecular complexity index is 507. The molecule has 20 heavy (non-hydrogen) atoms. The third-order valence-electron chi connectivity index (χ3n) is 3.67. The first kappa shape index (κ1) is 14.9. The minimum Gasteiger partial charge on any atom is -0.496 e. The van der Waals surface area contributed by atoms with Crippen molar-refractivity contribution in [2.24, 2.45) is 0 Å². The number of likely N-dealkylation sites (N-methyl/N-ethyl adjacent to an activating group) is 1. The van der Waals surface area contributed by atoms with E-state index in [0.717, 1.165) is 19.4 Å². The first-order valence-corrected chi connectivity index (χ1v) is 7.04. The Morgan fingerprint density at radius 3 is 2.95 bits per heavy atom. The molecule has 0 aliphatic carbocycles. The first-order chi connectivity index (χ1) is 9.56. The molecule has 1 fully saturated rings. The molecular weight excluding hydrogens is 278 g/mol. The molecule has 0 aromatic heterocycles. The number of carbonyl (C=O) groups excluding carboxylic acids is 1. The zero-order chi connectivity index (χ0) is 14.7. The van der Waals surface area contributed by atoms with Crippen molar-refractivity contribution < 1.29 is 9.53 Å². The van der Waals surface area contributed by atoms with Crippen molar-refractivity contribution in [1.82, 2.24) is 10.2 Å². The molecule has 3 N–H and O–H groups in total. The second-order valence-corrected chi connectivity index (χ2v) is 5.36. The maximum Gasteiger partial charge on any atom is 0.257 e. The molecule has 1 aliphatic heterocycles. The van der Waals surface area contributed by atoms with Gasteiger partial charge in [0, 0.05) is 25.2 Å². The molecule has 0 spiro atoms. The smallest absolute Gasteiger partial charge is 0.257 e. The number of anilines is 1. The van der Waals surface area contributed by atoms with Gasteiger partial charge in [0.15, 0.2) is 0 Å². The Morgan fingerprint density at radius 2 is 2.30 bits per heavy atom. The van der Waals surface area contributed by atoms with E-state index in [0.29, 0.717) is 34.6 Å². The summed E-state index contributed by atoms with van der Waals surface area (Å²) in [5, 5.41) is 3.59. The number of hydrogen-bond acceptors (Lipinski definition) is 4. The number of piperidine rings is 1. The molecule has 1 atom stereocenters. The van der Waals surface area contributed by atoms with Crippen molar-refractivity contribution >= 4 is 23.2 Å². The largest absolute Gasteiger partial charge is 0.496 e. The number of halogens is 1. The molecule has 1 aliphatic rings. The molecule has 1 aromatic rings. The minimum atomic E-state index is -0.0660. The van der Waals surface area contributed by atoms with Crippen LogP contribution in [0.25, 0.3) is 0 Å². The van der Waals surface area contributed by atoms with Gasteiger partial charge in [-0.15, -0.1) is 0 Å². The van der Waals surface area contributed by atoms with Gasteiger partial charge >= 0.3 is 0 Å². The molecule has 0 radical (unpaired) electrons. The van der Waals surface area contributed by atoms with Gasteiger partial charge in [0.1, 0.15) is 5.75 Å². The highest BCUT2D eigenvalue weighted by Gasteiger charge is 2.26. The van der Waals surface area contributed by atoms with Gasteiger partial charge < -0.3 is 20.7 Å². The maximum atomic E-state index is 12.6. The Kier molecular flexibility index (Phi) is 4.73. The zero-order valence-corrected chi connectivity index (χ0v) is 12.5. The van der Waals surface area contributed by atoms with E-state index in [1.54, 1.807) is 12.1 Å². The van der Waals surface area contributed by atoms with Crippen molar-refractivity contribution in [3.8, 4) is 5.75 Å². The molecule has 1 saturated heterocycles. The monoisotopic (exact) mass is 297 g/mol. The fourth-order valence-electron chi connectivity index (χ4n) is 2.47. The van der Waals surface area contributed by atoms with Gasteiger partial charge in [0.25, 0.3) is 5.91 Å². The summed E-state index contributed by atoms with van der Waals surface area (Å²) in [6.45, 7) is 1.45. The molecule has 1 unspecified atom stereocenters. The van der Waals surface area contributed by atoms with E-state index in [2.05, 4.69) is 5.32 Å². The molecule has 6 heteroatoms. The Morgan fingerprint density at radius 1 is 1.55 bits per heavy atom. The number of nitrogen functional groups attached to an aromatic ring is 1. The van der Waals surface area contributed by atoms with Crippen LogP contribution in [0.15, 0.2) is 12.1 Å². The van der Waals surface area contributed by atoms with Crippen LogP contribution in [0.4, 0.5) is 5.69 Å². The second kappa shape index (κ2) is 6.33. The average Bonchev–Trinajstić information content (AvgIpc) is 2.48. The van der Waals surface area contributed by atoms with Crippen LogP contribution in [0.2, 0.25) is 5.02 Å². The molecule has 1 amide bonds. The standard InChI is InChI=1S/C14H20ClN3O2/c1-17-9-4-3-5-18(8-9)14(19)10-6-11(15)12(16)7-13(10)20-2/h6-7,9,17H,3-5,8,16H2,1-2H3. The van der Waals surface area contributed by atoms with Crippen molar-refractivity contribution in [1.29, 1.82) is 0 Å². The second-order valence-electron chi connectivity index (χ2n) is 4.95. The average molecular weight is 298 g/mol. The lowest BCUT2D eigenvalue weighted by Gasteiger charge is -2.33. The summed E-state index contributed by atoms with van der Waals surface area (Å²) in [4.78, 5) is 14.5. The highest BCUT2D eigenvalue weighted by Crippen LogP contribution is 2.30. The Labute approximate surface area is 124 Å². The lowest BCUT2D eigenvalue weighted by Crippen LogP contribution is -2.47. The molecule has 1 aromatic carbocycles. The predicted molar refractivity (Wildman–Crippen MR) is 80.4 cm³/mol. The normalized spacial score (nSPS) is 18.9. The van der Waals surface area contributed by atoms with E-state index < -0.39 is 0 Å². The minimum absolute atomic E-state index is 0.0660. The van der Waals surface area contributed by atoms with Gasteiger partial charge in [-0.2, -0.15) is 0 Å². The van der Waals surface area contributed by atoms with Crippen molar-refractivity contribution in [2.45, 2.75) is 18.9 Å². The van der Waals surface area contributed by atoms with Gasteiger partial charge in [-0.3, -0.25) is 4.79 Å². The molecule has 1 heterocycles. The Balaban J connectivity index is 2.26. The lowest BCUT2D eigenvalue weighted by molar-refractivity contribution is 0.0695. The number of likely N-dealkylation sites (tertiary alicyclic amines) is 1. The molecule has 5 nitrogen and oxygen atoms in total. The number of methoxy groups -OCH3 is 1. The summed E-state index contributed by atoms with van der Waals surface area (Å²) in [6, 6.07) is 3.51. The zero-order valence-electron chi connectivity index (χ0n) is 11.8. The van der Waals surface area contributed by atoms with E-state index in [1.165, 1.54) is 7.11 Å². The topological polar surface area (TPSA) is 67.6 Å². The van der Waals surface area contributed by atoms with Crippen LogP contribution < -0.4 is 15.8 Å². The third kappa shape index (κ3) is 2.99. The number of hydrogen-bond donors (Lipinski definition) is 2. The quantitative estimate of drug-likeness (QED) is 0.834. The number of amides is 1. The van der Waals surface area contributed by atoms with Gasteiger partial charge in [-0.25, -0.2) is 0 Å². The van der Waals surface area contributed by atoms with Crippen LogP contribution in [0.5, 0.6) is 5.75 Å². The number of rotatable bonds is 3. The number of nitrogens with one attached hydrogen (secondary N) is 1. The van der Waals surface area contributed by atoms with Crippen molar-refractivity contribution in [3.05, 3.63) is 22.7 Å². The van der Waals surface area contributed by atoms with Crippen LogP contribution in [0.3, 0.4) is 0 Å². The number of nitrogens with two attached hydrogens (primary N) is 1. The van der Waals surface area contributed by atoms with Crippen molar-refractivity contribution in [2.75, 3.05) is 33.0 Å². The van der Waals surface area contributed by atoms with Crippen LogP contribution in [-0.4, -0.2) is 44.1 Å². The van der Waals surface area contributed by atoms with E-state index in [4.69, 9.17) is 22.1 Å². The van der Waals surface area contributed by atoms with Gasteiger partial charge in [-0.1, -0.05) is 11.6 Å². The van der Waals surface area contributed by atoms with Gasteiger partial charge in [0.05, 0.1) is 23.4 Å². The van der Waals surface area contributed by atoms with Gasteiger partial charge in [-0.05, 0) is 26.0 Å². The van der Waals surface area contributed by atoms with E-state index in [9.17, 15) is 4.79 Å². The van der Waals surface area contributed by atoms with Crippen LogP contribution in [0, 0.1) is 0 Å². The maximum absolute atomic E-state index is 12.6. The fourth-order valence-corrected chi connectivity index (χ4v) is 2.64. The predicted octanol–water partition coefficient (Wildman–Crippen LogP) is 1.75. The summed E-state index contributed by atoms with van der Waals surface area (Å²) in [5.74, 6) is 0.396. The van der Waals surface area contributed by atoms with Crippen molar-refractivity contribution in [3.63, 3.8) is 0 Å². The summed E-state index contributed by atoms with van der Waals surface area (Å²) in [7, 11) is 3.44. The SMILES string of the molecule is CNC1CCCN(C(=O)c2cc(Cl)c(N)cc2OC)C1. The summed E-state index contributed by atoms with van der Waals surface area (Å²) < 4.78 is 5.24. The van der Waals surface area contributed by atoms with Gasteiger partial charge in [0.2, 0.25) is 0 Å². The molecule has 0 saturated carbocycles. The summed E-state index contributed by atoms with van der Waals surface area (Å²) in [5.41, 5.74) is 6.61. The molecule has 0 bridgehead atoms.